The first-order valence-corrected chi connectivity index (χ1v) is 7.57. The van der Waals surface area contributed by atoms with Crippen molar-refractivity contribution < 1.29 is 0 Å². The number of hydrazine groups is 1. The minimum Gasteiger partial charge on any atom is -0.271 e. The van der Waals surface area contributed by atoms with Crippen LogP contribution in [0.3, 0.4) is 0 Å². The van der Waals surface area contributed by atoms with E-state index in [4.69, 9.17) is 29.0 Å². The molecule has 6 heteroatoms. The zero-order chi connectivity index (χ0) is 14.1. The average molecular weight is 324 g/mol. The number of aromatic nitrogens is 1. The lowest BCUT2D eigenvalue weighted by molar-refractivity contribution is 0.636. The first-order chi connectivity index (χ1) is 9.70. The van der Waals surface area contributed by atoms with Crippen LogP contribution in [0.5, 0.6) is 0 Å². The third-order valence-electron chi connectivity index (χ3n) is 3.12. The van der Waals surface area contributed by atoms with Crippen molar-refractivity contribution in [1.82, 2.24) is 10.4 Å². The van der Waals surface area contributed by atoms with Gasteiger partial charge in [-0.05, 0) is 34.7 Å². The molecule has 1 aromatic carbocycles. The van der Waals surface area contributed by atoms with E-state index in [1.165, 1.54) is 0 Å². The molecule has 3 N–H and O–H groups in total. The number of halogens is 2. The molecule has 0 aliphatic rings. The Balaban J connectivity index is 2.10. The van der Waals surface area contributed by atoms with Crippen LogP contribution in [-0.4, -0.2) is 4.98 Å². The lowest BCUT2D eigenvalue weighted by Crippen LogP contribution is -2.29. The summed E-state index contributed by atoms with van der Waals surface area (Å²) < 4.78 is 1.11. The minimum atomic E-state index is -0.250. The maximum atomic E-state index is 6.27. The van der Waals surface area contributed by atoms with Gasteiger partial charge in [0.2, 0.25) is 0 Å². The monoisotopic (exact) mass is 323 g/mol. The Kier molecular flexibility index (Phi) is 3.92. The van der Waals surface area contributed by atoms with Crippen molar-refractivity contribution in [2.75, 3.05) is 0 Å². The fourth-order valence-corrected chi connectivity index (χ4v) is 3.33. The second-order valence-corrected chi connectivity index (χ2v) is 6.05. The van der Waals surface area contributed by atoms with Crippen LogP contribution in [0, 0.1) is 0 Å². The van der Waals surface area contributed by atoms with E-state index in [2.05, 4.69) is 16.5 Å². The van der Waals surface area contributed by atoms with Crippen molar-refractivity contribution in [2.45, 2.75) is 6.04 Å². The molecule has 102 valence electrons. The molecule has 3 aromatic rings. The van der Waals surface area contributed by atoms with E-state index < -0.39 is 0 Å². The number of nitrogens with zero attached hydrogens (tertiary/aromatic N) is 1. The van der Waals surface area contributed by atoms with Gasteiger partial charge in [0.25, 0.3) is 0 Å². The third-order valence-corrected chi connectivity index (χ3v) is 4.80. The number of nitrogens with two attached hydrogens (primary N) is 1. The van der Waals surface area contributed by atoms with Gasteiger partial charge in [-0.2, -0.15) is 0 Å². The number of rotatable bonds is 3. The quantitative estimate of drug-likeness (QED) is 0.562. The zero-order valence-corrected chi connectivity index (χ0v) is 12.6. The molecule has 0 saturated heterocycles. The lowest BCUT2D eigenvalue weighted by Gasteiger charge is -2.18. The van der Waals surface area contributed by atoms with Gasteiger partial charge in [-0.1, -0.05) is 35.3 Å². The van der Waals surface area contributed by atoms with Crippen molar-refractivity contribution >= 4 is 44.8 Å². The van der Waals surface area contributed by atoms with Gasteiger partial charge in [-0.3, -0.25) is 10.8 Å². The van der Waals surface area contributed by atoms with Crippen molar-refractivity contribution in [3.05, 3.63) is 63.1 Å². The maximum Gasteiger partial charge on any atom is 0.0809 e. The number of hydrogen-bond acceptors (Lipinski definition) is 4. The van der Waals surface area contributed by atoms with Crippen LogP contribution < -0.4 is 11.3 Å². The number of thiophene rings is 1. The van der Waals surface area contributed by atoms with Crippen molar-refractivity contribution in [1.29, 1.82) is 0 Å². The summed E-state index contributed by atoms with van der Waals surface area (Å²) in [6.07, 6.45) is 1.80. The average Bonchev–Trinajstić information content (AvgIpc) is 2.92. The Bertz CT molecular complexity index is 757. The van der Waals surface area contributed by atoms with Crippen molar-refractivity contribution in [3.8, 4) is 0 Å². The third kappa shape index (κ3) is 2.41. The molecule has 0 bridgehead atoms. The van der Waals surface area contributed by atoms with Gasteiger partial charge in [0.15, 0.2) is 0 Å². The van der Waals surface area contributed by atoms with Gasteiger partial charge in [-0.15, -0.1) is 11.3 Å². The smallest absolute Gasteiger partial charge is 0.0809 e. The van der Waals surface area contributed by atoms with Crippen LogP contribution in [0.4, 0.5) is 0 Å². The Labute approximate surface area is 130 Å². The molecule has 0 aliphatic carbocycles. The SMILES string of the molecule is NNC(c1cnc2ccsc2c1)c1cccc(Cl)c1Cl. The molecule has 2 heterocycles. The molecular weight excluding hydrogens is 313 g/mol. The van der Waals surface area contributed by atoms with Crippen LogP contribution >= 0.6 is 34.5 Å². The second-order valence-electron chi connectivity index (χ2n) is 4.32. The normalized spacial score (nSPS) is 12.8. The molecule has 0 saturated carbocycles. The predicted octanol–water partition coefficient (Wildman–Crippen LogP) is 4.16. The van der Waals surface area contributed by atoms with E-state index in [0.717, 1.165) is 21.3 Å². The number of benzene rings is 1. The summed E-state index contributed by atoms with van der Waals surface area (Å²) >= 11 is 14.0. The van der Waals surface area contributed by atoms with Gasteiger partial charge in [0, 0.05) is 6.20 Å². The molecule has 0 amide bonds. The Hall–Kier alpha value is -1.17. The van der Waals surface area contributed by atoms with Gasteiger partial charge in [-0.25, -0.2) is 5.43 Å². The van der Waals surface area contributed by atoms with Gasteiger partial charge < -0.3 is 0 Å². The van der Waals surface area contributed by atoms with E-state index in [1.54, 1.807) is 23.6 Å². The van der Waals surface area contributed by atoms with Crippen LogP contribution in [0.15, 0.2) is 41.9 Å². The van der Waals surface area contributed by atoms with E-state index in [9.17, 15) is 0 Å². The Morgan fingerprint density at radius 2 is 2.10 bits per heavy atom. The topological polar surface area (TPSA) is 50.9 Å². The second kappa shape index (κ2) is 5.68. The molecule has 2 aromatic heterocycles. The van der Waals surface area contributed by atoms with Crippen LogP contribution in [0.1, 0.15) is 17.2 Å². The number of pyridine rings is 1. The van der Waals surface area contributed by atoms with Crippen LogP contribution in [0.25, 0.3) is 10.2 Å². The zero-order valence-electron chi connectivity index (χ0n) is 10.3. The van der Waals surface area contributed by atoms with E-state index in [1.807, 2.05) is 23.6 Å². The maximum absolute atomic E-state index is 6.27. The van der Waals surface area contributed by atoms with Crippen LogP contribution in [-0.2, 0) is 0 Å². The fourth-order valence-electron chi connectivity index (χ4n) is 2.13. The summed E-state index contributed by atoms with van der Waals surface area (Å²) in [6, 6.07) is 9.31. The number of hydrogen-bond donors (Lipinski definition) is 2. The largest absolute Gasteiger partial charge is 0.271 e. The molecule has 20 heavy (non-hydrogen) atoms. The highest BCUT2D eigenvalue weighted by Gasteiger charge is 2.18. The molecule has 3 rings (SSSR count). The minimum absolute atomic E-state index is 0.250. The highest BCUT2D eigenvalue weighted by atomic mass is 35.5. The highest BCUT2D eigenvalue weighted by molar-refractivity contribution is 7.17. The van der Waals surface area contributed by atoms with Crippen molar-refractivity contribution in [3.63, 3.8) is 0 Å². The van der Waals surface area contributed by atoms with Crippen molar-refractivity contribution in [2.24, 2.45) is 5.84 Å². The van der Waals surface area contributed by atoms with E-state index in [-0.39, 0.29) is 6.04 Å². The molecule has 0 fully saturated rings. The summed E-state index contributed by atoms with van der Waals surface area (Å²) in [6.45, 7) is 0. The summed E-state index contributed by atoms with van der Waals surface area (Å²) in [4.78, 5) is 4.43. The predicted molar refractivity (Wildman–Crippen MR) is 85.2 cm³/mol. The Morgan fingerprint density at radius 3 is 2.90 bits per heavy atom. The van der Waals surface area contributed by atoms with Gasteiger partial charge >= 0.3 is 0 Å². The van der Waals surface area contributed by atoms with Gasteiger partial charge in [0.1, 0.15) is 0 Å². The molecule has 0 radical (unpaired) electrons. The summed E-state index contributed by atoms with van der Waals surface area (Å²) in [5.41, 5.74) is 5.54. The fraction of sp³-hybridized carbons (Fsp3) is 0.0714. The summed E-state index contributed by atoms with van der Waals surface area (Å²) in [5, 5.41) is 3.02. The van der Waals surface area contributed by atoms with Gasteiger partial charge in [0.05, 0.1) is 26.3 Å². The van der Waals surface area contributed by atoms with E-state index in [0.29, 0.717) is 10.0 Å². The van der Waals surface area contributed by atoms with E-state index >= 15 is 0 Å². The molecule has 0 spiro atoms. The molecular formula is C14H11Cl2N3S. The number of nitrogens with one attached hydrogen (secondary N) is 1. The first-order valence-electron chi connectivity index (χ1n) is 5.94. The number of fused-ring (bicyclic) bond motifs is 1. The molecule has 0 aliphatic heterocycles. The first kappa shape index (κ1) is 13.8. The molecule has 1 unspecified atom stereocenters. The summed E-state index contributed by atoms with van der Waals surface area (Å²) in [7, 11) is 0. The molecule has 1 atom stereocenters. The molecule has 3 nitrogen and oxygen atoms in total. The summed E-state index contributed by atoms with van der Waals surface area (Å²) in [5.74, 6) is 5.70. The van der Waals surface area contributed by atoms with Crippen LogP contribution in [0.2, 0.25) is 10.0 Å². The highest BCUT2D eigenvalue weighted by Crippen LogP contribution is 2.33. The Morgan fingerprint density at radius 1 is 1.25 bits per heavy atom. The lowest BCUT2D eigenvalue weighted by atomic mass is 10.0. The standard InChI is InChI=1S/C14H11Cl2N3S/c15-10-3-1-2-9(13(10)16)14(19-17)8-6-12-11(18-7-8)4-5-20-12/h1-7,14,19H,17H2.